The second kappa shape index (κ2) is 6.55. The van der Waals surface area contributed by atoms with E-state index in [1.807, 2.05) is 6.20 Å². The van der Waals surface area contributed by atoms with Gasteiger partial charge in [0, 0.05) is 63.1 Å². The fourth-order valence-electron chi connectivity index (χ4n) is 2.69. The Labute approximate surface area is 117 Å². The zero-order chi connectivity index (χ0) is 13.7. The third kappa shape index (κ3) is 4.06. The van der Waals surface area contributed by atoms with Crippen molar-refractivity contribution in [3.05, 3.63) is 24.0 Å². The van der Waals surface area contributed by atoms with Gasteiger partial charge in [0.05, 0.1) is 0 Å². The fraction of sp³-hybridized carbons (Fsp3) is 0.733. The van der Waals surface area contributed by atoms with Gasteiger partial charge < -0.3 is 15.6 Å². The fourth-order valence-corrected chi connectivity index (χ4v) is 2.69. The van der Waals surface area contributed by atoms with Gasteiger partial charge in [-0.3, -0.25) is 4.90 Å². The van der Waals surface area contributed by atoms with Crippen molar-refractivity contribution in [1.29, 1.82) is 0 Å². The van der Waals surface area contributed by atoms with Crippen molar-refractivity contribution in [2.45, 2.75) is 32.2 Å². The third-order valence-corrected chi connectivity index (χ3v) is 4.16. The number of hydrogen-bond acceptors (Lipinski definition) is 3. The van der Waals surface area contributed by atoms with Gasteiger partial charge in [0.1, 0.15) is 0 Å². The summed E-state index contributed by atoms with van der Waals surface area (Å²) in [6.07, 6.45) is 4.10. The van der Waals surface area contributed by atoms with E-state index in [4.69, 9.17) is 0 Å². The normalized spacial score (nSPS) is 19.5. The molecule has 4 heteroatoms. The highest BCUT2D eigenvalue weighted by molar-refractivity contribution is 5.20. The molecule has 1 aliphatic heterocycles. The highest BCUT2D eigenvalue weighted by Gasteiger charge is 2.22. The van der Waals surface area contributed by atoms with Gasteiger partial charge in [-0.1, -0.05) is 13.8 Å². The maximum Gasteiger partial charge on any atom is 0.0193 e. The van der Waals surface area contributed by atoms with Crippen molar-refractivity contribution < 1.29 is 0 Å². The second-order valence-electron chi connectivity index (χ2n) is 6.25. The molecule has 2 rings (SSSR count). The van der Waals surface area contributed by atoms with Crippen molar-refractivity contribution in [2.24, 2.45) is 0 Å². The Balaban J connectivity index is 1.73. The lowest BCUT2D eigenvalue weighted by atomic mass is 9.86. The van der Waals surface area contributed by atoms with Gasteiger partial charge in [0.15, 0.2) is 0 Å². The summed E-state index contributed by atoms with van der Waals surface area (Å²) in [4.78, 5) is 5.71. The number of hydrogen-bond donors (Lipinski definition) is 3. The smallest absolute Gasteiger partial charge is 0.0193 e. The first-order chi connectivity index (χ1) is 9.09. The second-order valence-corrected chi connectivity index (χ2v) is 6.25. The van der Waals surface area contributed by atoms with Gasteiger partial charge in [-0.05, 0) is 18.6 Å². The lowest BCUT2D eigenvalue weighted by Crippen LogP contribution is -2.51. The van der Waals surface area contributed by atoms with Gasteiger partial charge in [0.25, 0.3) is 0 Å². The quantitative estimate of drug-likeness (QED) is 0.723. The van der Waals surface area contributed by atoms with E-state index in [0.29, 0.717) is 6.04 Å². The number of aromatic nitrogens is 1. The highest BCUT2D eigenvalue weighted by atomic mass is 15.2. The van der Waals surface area contributed by atoms with Crippen LogP contribution in [0.25, 0.3) is 0 Å². The van der Waals surface area contributed by atoms with Gasteiger partial charge in [0.2, 0.25) is 0 Å². The predicted molar refractivity (Wildman–Crippen MR) is 80.6 cm³/mol. The highest BCUT2D eigenvalue weighted by Crippen LogP contribution is 2.21. The van der Waals surface area contributed by atoms with E-state index < -0.39 is 0 Å². The van der Waals surface area contributed by atoms with Crippen molar-refractivity contribution in [3.63, 3.8) is 0 Å². The summed E-state index contributed by atoms with van der Waals surface area (Å²) in [7, 11) is 0. The van der Waals surface area contributed by atoms with E-state index in [0.717, 1.165) is 26.2 Å². The van der Waals surface area contributed by atoms with Gasteiger partial charge >= 0.3 is 0 Å². The maximum atomic E-state index is 3.64. The Morgan fingerprint density at radius 1 is 1.37 bits per heavy atom. The van der Waals surface area contributed by atoms with Crippen molar-refractivity contribution in [1.82, 2.24) is 20.5 Å². The van der Waals surface area contributed by atoms with Crippen LogP contribution >= 0.6 is 0 Å². The SMILES string of the molecule is CC(CNCC(C)(C)c1cc[nH]c1)N1CCNCC1. The van der Waals surface area contributed by atoms with Gasteiger partial charge in [-0.15, -0.1) is 0 Å². The molecule has 108 valence electrons. The van der Waals surface area contributed by atoms with E-state index in [1.165, 1.54) is 18.7 Å². The Hall–Kier alpha value is -0.840. The van der Waals surface area contributed by atoms with Crippen LogP contribution in [0.4, 0.5) is 0 Å². The van der Waals surface area contributed by atoms with E-state index in [2.05, 4.69) is 53.6 Å². The van der Waals surface area contributed by atoms with Crippen molar-refractivity contribution in [3.8, 4) is 0 Å². The van der Waals surface area contributed by atoms with Crippen LogP contribution in [0.2, 0.25) is 0 Å². The number of piperazine rings is 1. The molecule has 4 nitrogen and oxygen atoms in total. The van der Waals surface area contributed by atoms with Crippen molar-refractivity contribution in [2.75, 3.05) is 39.3 Å². The average molecular weight is 264 g/mol. The van der Waals surface area contributed by atoms with Crippen LogP contribution in [0.5, 0.6) is 0 Å². The summed E-state index contributed by atoms with van der Waals surface area (Å²) in [6.45, 7) is 13.6. The average Bonchev–Trinajstić information content (AvgIpc) is 2.94. The first-order valence-electron chi connectivity index (χ1n) is 7.38. The molecule has 0 amide bonds. The van der Waals surface area contributed by atoms with Crippen LogP contribution < -0.4 is 10.6 Å². The number of H-pyrrole nitrogens is 1. The molecular formula is C15H28N4. The summed E-state index contributed by atoms with van der Waals surface area (Å²) in [5.74, 6) is 0. The molecule has 1 fully saturated rings. The number of aromatic amines is 1. The minimum Gasteiger partial charge on any atom is -0.367 e. The molecule has 1 aromatic heterocycles. The van der Waals surface area contributed by atoms with Crippen LogP contribution in [0.1, 0.15) is 26.3 Å². The van der Waals surface area contributed by atoms with E-state index >= 15 is 0 Å². The Morgan fingerprint density at radius 2 is 2.11 bits per heavy atom. The molecule has 1 aromatic rings. The van der Waals surface area contributed by atoms with E-state index in [9.17, 15) is 0 Å². The molecule has 0 bridgehead atoms. The molecule has 0 saturated carbocycles. The van der Waals surface area contributed by atoms with Crippen molar-refractivity contribution >= 4 is 0 Å². The van der Waals surface area contributed by atoms with Crippen LogP contribution in [-0.2, 0) is 5.41 Å². The summed E-state index contributed by atoms with van der Waals surface area (Å²) in [6, 6.07) is 2.78. The molecule has 3 N–H and O–H groups in total. The first kappa shape index (κ1) is 14.6. The number of rotatable bonds is 6. The molecule has 0 aliphatic carbocycles. The predicted octanol–water partition coefficient (Wildman–Crippen LogP) is 1.18. The van der Waals surface area contributed by atoms with E-state index in [-0.39, 0.29) is 5.41 Å². The molecule has 1 atom stereocenters. The third-order valence-electron chi connectivity index (χ3n) is 4.16. The van der Waals surface area contributed by atoms with Crippen LogP contribution in [-0.4, -0.2) is 55.2 Å². The zero-order valence-corrected chi connectivity index (χ0v) is 12.5. The molecule has 0 radical (unpaired) electrons. The number of nitrogens with one attached hydrogen (secondary N) is 3. The monoisotopic (exact) mass is 264 g/mol. The van der Waals surface area contributed by atoms with E-state index in [1.54, 1.807) is 0 Å². The molecule has 1 aliphatic rings. The lowest BCUT2D eigenvalue weighted by molar-refractivity contribution is 0.179. The molecule has 19 heavy (non-hydrogen) atoms. The zero-order valence-electron chi connectivity index (χ0n) is 12.5. The minimum atomic E-state index is 0.184. The molecular weight excluding hydrogens is 236 g/mol. The maximum absolute atomic E-state index is 3.64. The summed E-state index contributed by atoms with van der Waals surface area (Å²) in [5, 5.41) is 7.04. The minimum absolute atomic E-state index is 0.184. The molecule has 1 unspecified atom stereocenters. The lowest BCUT2D eigenvalue weighted by Gasteiger charge is -2.34. The van der Waals surface area contributed by atoms with Crippen LogP contribution in [0.15, 0.2) is 18.5 Å². The first-order valence-corrected chi connectivity index (χ1v) is 7.38. The van der Waals surface area contributed by atoms with Gasteiger partial charge in [-0.2, -0.15) is 0 Å². The Morgan fingerprint density at radius 3 is 2.74 bits per heavy atom. The van der Waals surface area contributed by atoms with Crippen LogP contribution in [0, 0.1) is 0 Å². The molecule has 2 heterocycles. The standard InChI is InChI=1S/C15H28N4/c1-13(19-8-6-16-7-9-19)10-18-12-15(2,3)14-4-5-17-11-14/h4-5,11,13,16-18H,6-10,12H2,1-3H3. The molecule has 0 aromatic carbocycles. The van der Waals surface area contributed by atoms with Crippen LogP contribution in [0.3, 0.4) is 0 Å². The summed E-state index contributed by atoms with van der Waals surface area (Å²) in [5.41, 5.74) is 1.55. The number of nitrogens with zero attached hydrogens (tertiary/aromatic N) is 1. The Bertz CT molecular complexity index is 352. The summed E-state index contributed by atoms with van der Waals surface area (Å²) < 4.78 is 0. The molecule has 0 spiro atoms. The van der Waals surface area contributed by atoms with Gasteiger partial charge in [-0.25, -0.2) is 0 Å². The molecule has 1 saturated heterocycles. The largest absolute Gasteiger partial charge is 0.367 e. The Kier molecular flexibility index (Phi) is 5.02. The topological polar surface area (TPSA) is 43.1 Å². The summed E-state index contributed by atoms with van der Waals surface area (Å²) >= 11 is 0.